The Morgan fingerprint density at radius 3 is 2.66 bits per heavy atom. The first kappa shape index (κ1) is 24.3. The Morgan fingerprint density at radius 2 is 1.97 bits per heavy atom. The SMILES string of the molecule is Cc1ccc(NC(=O)c2coc(CN3CCN(C[C@H](O)COCC(C)C)CC3)n2)cc1F. The van der Waals surface area contributed by atoms with Crippen LogP contribution >= 0.6 is 0 Å². The van der Waals surface area contributed by atoms with Crippen LogP contribution in [-0.4, -0.2) is 77.8 Å². The number of aromatic nitrogens is 1. The van der Waals surface area contributed by atoms with Crippen molar-refractivity contribution in [1.29, 1.82) is 0 Å². The number of benzene rings is 1. The Labute approximate surface area is 188 Å². The van der Waals surface area contributed by atoms with Crippen molar-refractivity contribution in [2.24, 2.45) is 5.92 Å². The molecule has 0 bridgehead atoms. The lowest BCUT2D eigenvalue weighted by molar-refractivity contribution is -0.000850. The molecule has 1 aromatic carbocycles. The van der Waals surface area contributed by atoms with Crippen molar-refractivity contribution in [2.45, 2.75) is 33.4 Å². The first-order valence-corrected chi connectivity index (χ1v) is 11.0. The van der Waals surface area contributed by atoms with E-state index in [1.165, 1.54) is 12.3 Å². The number of anilines is 1. The Morgan fingerprint density at radius 1 is 1.25 bits per heavy atom. The van der Waals surface area contributed by atoms with Crippen LogP contribution in [0.5, 0.6) is 0 Å². The second-order valence-corrected chi connectivity index (χ2v) is 8.71. The number of aliphatic hydroxyl groups is 1. The maximum Gasteiger partial charge on any atom is 0.277 e. The number of amides is 1. The Bertz CT molecular complexity index is 881. The van der Waals surface area contributed by atoms with Gasteiger partial charge >= 0.3 is 0 Å². The average molecular weight is 449 g/mol. The highest BCUT2D eigenvalue weighted by Gasteiger charge is 2.21. The van der Waals surface area contributed by atoms with Gasteiger partial charge in [0.1, 0.15) is 12.1 Å². The highest BCUT2D eigenvalue weighted by atomic mass is 19.1. The number of nitrogens with zero attached hydrogens (tertiary/aromatic N) is 3. The van der Waals surface area contributed by atoms with Gasteiger partial charge in [-0.05, 0) is 30.5 Å². The highest BCUT2D eigenvalue weighted by molar-refractivity contribution is 6.02. The third kappa shape index (κ3) is 7.37. The summed E-state index contributed by atoms with van der Waals surface area (Å²) in [5.74, 6) is 0.0964. The lowest BCUT2D eigenvalue weighted by atomic mass is 10.2. The van der Waals surface area contributed by atoms with E-state index in [1.54, 1.807) is 19.1 Å². The third-order valence-electron chi connectivity index (χ3n) is 5.27. The number of hydrogen-bond donors (Lipinski definition) is 2. The van der Waals surface area contributed by atoms with Crippen molar-refractivity contribution in [2.75, 3.05) is 51.3 Å². The van der Waals surface area contributed by atoms with E-state index in [-0.39, 0.29) is 11.5 Å². The molecule has 0 spiro atoms. The smallest absolute Gasteiger partial charge is 0.277 e. The second-order valence-electron chi connectivity index (χ2n) is 8.71. The fourth-order valence-corrected chi connectivity index (χ4v) is 3.47. The summed E-state index contributed by atoms with van der Waals surface area (Å²) in [5, 5.41) is 12.8. The molecule has 32 heavy (non-hydrogen) atoms. The lowest BCUT2D eigenvalue weighted by Gasteiger charge is -2.34. The zero-order chi connectivity index (χ0) is 23.1. The summed E-state index contributed by atoms with van der Waals surface area (Å²) >= 11 is 0. The van der Waals surface area contributed by atoms with Crippen LogP contribution in [0.2, 0.25) is 0 Å². The Hall–Kier alpha value is -2.33. The number of halogens is 1. The quantitative estimate of drug-likeness (QED) is 0.577. The first-order chi connectivity index (χ1) is 15.3. The molecule has 176 valence electrons. The van der Waals surface area contributed by atoms with E-state index < -0.39 is 12.0 Å². The molecule has 2 N–H and O–H groups in total. The van der Waals surface area contributed by atoms with E-state index in [0.717, 1.165) is 26.2 Å². The molecule has 0 aliphatic carbocycles. The van der Waals surface area contributed by atoms with Crippen LogP contribution in [0.3, 0.4) is 0 Å². The summed E-state index contributed by atoms with van der Waals surface area (Å²) in [6.45, 7) is 11.2. The number of hydrogen-bond acceptors (Lipinski definition) is 7. The fourth-order valence-electron chi connectivity index (χ4n) is 3.47. The summed E-state index contributed by atoms with van der Waals surface area (Å²) < 4.78 is 24.6. The second kappa shape index (κ2) is 11.5. The molecule has 1 amide bonds. The summed E-state index contributed by atoms with van der Waals surface area (Å²) in [6, 6.07) is 4.53. The Balaban J connectivity index is 1.41. The van der Waals surface area contributed by atoms with Gasteiger partial charge in [0.05, 0.1) is 19.3 Å². The maximum absolute atomic E-state index is 13.7. The fraction of sp³-hybridized carbons (Fsp3) is 0.565. The van der Waals surface area contributed by atoms with Crippen LogP contribution in [0.15, 0.2) is 28.9 Å². The number of β-amino-alcohol motifs (C(OH)–C–C–N with tert-alkyl or cyclic N) is 1. The van der Waals surface area contributed by atoms with Crippen LogP contribution in [-0.2, 0) is 11.3 Å². The molecule has 1 aliphatic rings. The molecule has 1 atom stereocenters. The van der Waals surface area contributed by atoms with E-state index in [9.17, 15) is 14.3 Å². The molecule has 0 radical (unpaired) electrons. The Kier molecular flexibility index (Phi) is 8.75. The van der Waals surface area contributed by atoms with E-state index in [0.29, 0.717) is 49.4 Å². The topological polar surface area (TPSA) is 91.1 Å². The molecular weight excluding hydrogens is 415 g/mol. The summed E-state index contributed by atoms with van der Waals surface area (Å²) in [7, 11) is 0. The number of rotatable bonds is 10. The number of carbonyl (C=O) groups is 1. The van der Waals surface area contributed by atoms with Gasteiger partial charge in [0.25, 0.3) is 5.91 Å². The normalized spacial score (nSPS) is 16.4. The van der Waals surface area contributed by atoms with E-state index in [4.69, 9.17) is 9.15 Å². The number of nitrogens with one attached hydrogen (secondary N) is 1. The minimum atomic E-state index is -0.491. The standard InChI is InChI=1S/C23H33FN4O4/c1-16(2)13-31-14-19(29)11-27-6-8-28(9-7-27)12-22-26-21(15-32-22)23(30)25-18-5-4-17(3)20(24)10-18/h4-5,10,15-16,19,29H,6-9,11-14H2,1-3H3,(H,25,30)/t19-/m0/s1. The van der Waals surface area contributed by atoms with Crippen molar-refractivity contribution in [3.8, 4) is 0 Å². The summed E-state index contributed by atoms with van der Waals surface area (Å²) in [5.41, 5.74) is 1.04. The van der Waals surface area contributed by atoms with Gasteiger partial charge in [-0.2, -0.15) is 0 Å². The molecule has 1 aliphatic heterocycles. The van der Waals surface area contributed by atoms with Crippen LogP contribution < -0.4 is 5.32 Å². The van der Waals surface area contributed by atoms with Crippen molar-refractivity contribution >= 4 is 11.6 Å². The van der Waals surface area contributed by atoms with Crippen LogP contribution in [0.1, 0.15) is 35.8 Å². The molecule has 1 aromatic heterocycles. The molecule has 1 fully saturated rings. The van der Waals surface area contributed by atoms with Crippen LogP contribution in [0.4, 0.5) is 10.1 Å². The van der Waals surface area contributed by atoms with Gasteiger partial charge in [-0.15, -0.1) is 0 Å². The van der Waals surface area contributed by atoms with Crippen molar-refractivity contribution in [3.63, 3.8) is 0 Å². The van der Waals surface area contributed by atoms with Gasteiger partial charge < -0.3 is 19.6 Å². The van der Waals surface area contributed by atoms with Gasteiger partial charge in [0.15, 0.2) is 5.69 Å². The molecular formula is C23H33FN4O4. The van der Waals surface area contributed by atoms with Crippen molar-refractivity contribution in [3.05, 3.63) is 47.4 Å². The molecule has 2 aromatic rings. The maximum atomic E-state index is 13.7. The largest absolute Gasteiger partial charge is 0.447 e. The zero-order valence-electron chi connectivity index (χ0n) is 19.0. The minimum absolute atomic E-state index is 0.157. The molecule has 2 heterocycles. The van der Waals surface area contributed by atoms with Gasteiger partial charge in [0, 0.05) is 45.0 Å². The monoisotopic (exact) mass is 448 g/mol. The predicted molar refractivity (Wildman–Crippen MR) is 119 cm³/mol. The van der Waals surface area contributed by atoms with Crippen molar-refractivity contribution in [1.82, 2.24) is 14.8 Å². The third-order valence-corrected chi connectivity index (χ3v) is 5.27. The van der Waals surface area contributed by atoms with Gasteiger partial charge in [-0.25, -0.2) is 9.37 Å². The van der Waals surface area contributed by atoms with Crippen LogP contribution in [0.25, 0.3) is 0 Å². The molecule has 1 saturated heterocycles. The number of ether oxygens (including phenoxy) is 1. The first-order valence-electron chi connectivity index (χ1n) is 11.0. The number of oxazole rings is 1. The average Bonchev–Trinajstić information content (AvgIpc) is 3.20. The predicted octanol–water partition coefficient (Wildman–Crippen LogP) is 2.53. The van der Waals surface area contributed by atoms with Gasteiger partial charge in [0.2, 0.25) is 5.89 Å². The molecule has 0 unspecified atom stereocenters. The highest BCUT2D eigenvalue weighted by Crippen LogP contribution is 2.15. The van der Waals surface area contributed by atoms with Crippen LogP contribution in [0, 0.1) is 18.7 Å². The number of aryl methyl sites for hydroxylation is 1. The molecule has 0 saturated carbocycles. The van der Waals surface area contributed by atoms with Crippen molar-refractivity contribution < 1.29 is 23.4 Å². The van der Waals surface area contributed by atoms with Gasteiger partial charge in [-0.3, -0.25) is 14.6 Å². The van der Waals surface area contributed by atoms with E-state index in [1.807, 2.05) is 0 Å². The number of carbonyl (C=O) groups excluding carboxylic acids is 1. The van der Waals surface area contributed by atoms with E-state index >= 15 is 0 Å². The lowest BCUT2D eigenvalue weighted by Crippen LogP contribution is -2.48. The molecule has 8 nitrogen and oxygen atoms in total. The molecule has 3 rings (SSSR count). The summed E-state index contributed by atoms with van der Waals surface area (Å²) in [4.78, 5) is 21.0. The van der Waals surface area contributed by atoms with E-state index in [2.05, 4.69) is 33.9 Å². The molecule has 9 heteroatoms. The zero-order valence-corrected chi connectivity index (χ0v) is 19.0. The number of piperazine rings is 1. The van der Waals surface area contributed by atoms with Gasteiger partial charge in [-0.1, -0.05) is 19.9 Å². The number of aliphatic hydroxyl groups excluding tert-OH is 1. The minimum Gasteiger partial charge on any atom is -0.447 e. The summed E-state index contributed by atoms with van der Waals surface area (Å²) in [6.07, 6.45) is 0.828.